The molecule has 4 rings (SSSR count). The lowest BCUT2D eigenvalue weighted by Crippen LogP contribution is -2.04. The topological polar surface area (TPSA) is 28.7 Å². The van der Waals surface area contributed by atoms with Gasteiger partial charge in [-0.1, -0.05) is 30.3 Å². The molecule has 2 aliphatic rings. The first-order valence-corrected chi connectivity index (χ1v) is 7.28. The summed E-state index contributed by atoms with van der Waals surface area (Å²) in [5.74, 6) is 0. The van der Waals surface area contributed by atoms with Crippen molar-refractivity contribution in [3.05, 3.63) is 47.2 Å². The number of allylic oxidation sites excluding steroid dienone is 2. The maximum absolute atomic E-state index is 4.63. The van der Waals surface area contributed by atoms with Gasteiger partial charge >= 0.3 is 0 Å². The van der Waals surface area contributed by atoms with E-state index in [2.05, 4.69) is 40.5 Å². The Balaban J connectivity index is 1.83. The van der Waals surface area contributed by atoms with Crippen molar-refractivity contribution < 1.29 is 0 Å². The van der Waals surface area contributed by atoms with Gasteiger partial charge in [0.1, 0.15) is 0 Å². The van der Waals surface area contributed by atoms with Crippen LogP contribution in [0, 0.1) is 0 Å². The van der Waals surface area contributed by atoms with Crippen molar-refractivity contribution in [2.45, 2.75) is 38.5 Å². The maximum atomic E-state index is 4.63. The van der Waals surface area contributed by atoms with Crippen molar-refractivity contribution in [1.82, 2.24) is 10.2 Å². The summed E-state index contributed by atoms with van der Waals surface area (Å²) in [4.78, 5) is 0. The van der Waals surface area contributed by atoms with Crippen LogP contribution in [0.4, 0.5) is 0 Å². The molecule has 2 aromatic rings. The summed E-state index contributed by atoms with van der Waals surface area (Å²) in [7, 11) is 0. The third kappa shape index (κ3) is 1.74. The zero-order valence-electron chi connectivity index (χ0n) is 11.1. The van der Waals surface area contributed by atoms with Gasteiger partial charge in [0.15, 0.2) is 0 Å². The van der Waals surface area contributed by atoms with Crippen molar-refractivity contribution in [3.8, 4) is 11.3 Å². The molecule has 0 saturated heterocycles. The molecular weight excluding hydrogens is 232 g/mol. The van der Waals surface area contributed by atoms with Crippen molar-refractivity contribution in [3.63, 3.8) is 0 Å². The average Bonchev–Trinajstić information content (AvgIpc) is 2.92. The van der Waals surface area contributed by atoms with Gasteiger partial charge in [-0.25, -0.2) is 0 Å². The monoisotopic (exact) mass is 250 g/mol. The molecule has 1 aromatic carbocycles. The van der Waals surface area contributed by atoms with E-state index in [1.807, 2.05) is 0 Å². The maximum Gasteiger partial charge on any atom is 0.0915 e. The first kappa shape index (κ1) is 11.0. The van der Waals surface area contributed by atoms with Gasteiger partial charge in [0.25, 0.3) is 0 Å². The number of aryl methyl sites for hydroxylation is 1. The largest absolute Gasteiger partial charge is 0.277 e. The van der Waals surface area contributed by atoms with Gasteiger partial charge in [-0.2, -0.15) is 5.10 Å². The summed E-state index contributed by atoms with van der Waals surface area (Å²) in [5, 5.41) is 7.92. The Morgan fingerprint density at radius 1 is 1.00 bits per heavy atom. The molecule has 0 aliphatic heterocycles. The lowest BCUT2D eigenvalue weighted by molar-refractivity contribution is 0.738. The number of rotatable bonds is 1. The van der Waals surface area contributed by atoms with Crippen LogP contribution in [-0.2, 0) is 12.8 Å². The molecule has 0 saturated carbocycles. The fourth-order valence-electron chi connectivity index (χ4n) is 3.39. The number of fused-ring (bicyclic) bond motifs is 3. The lowest BCUT2D eigenvalue weighted by Gasteiger charge is -2.18. The van der Waals surface area contributed by atoms with Gasteiger partial charge in [-0.15, -0.1) is 0 Å². The molecule has 0 fully saturated rings. The Kier molecular flexibility index (Phi) is 2.54. The molecule has 0 radical (unpaired) electrons. The van der Waals surface area contributed by atoms with Crippen LogP contribution in [0.3, 0.4) is 0 Å². The second kappa shape index (κ2) is 4.37. The molecule has 1 heterocycles. The van der Waals surface area contributed by atoms with Crippen LogP contribution < -0.4 is 0 Å². The zero-order valence-corrected chi connectivity index (χ0v) is 11.1. The normalized spacial score (nSPS) is 17.6. The highest BCUT2D eigenvalue weighted by atomic mass is 15.1. The molecule has 2 nitrogen and oxygen atoms in total. The van der Waals surface area contributed by atoms with Crippen LogP contribution in [-0.4, -0.2) is 10.2 Å². The van der Waals surface area contributed by atoms with E-state index in [4.69, 9.17) is 0 Å². The number of hydrogen-bond acceptors (Lipinski definition) is 1. The zero-order chi connectivity index (χ0) is 12.7. The number of H-pyrrole nitrogens is 1. The van der Waals surface area contributed by atoms with E-state index in [9.17, 15) is 0 Å². The number of aromatic amines is 1. The molecule has 1 N–H and O–H groups in total. The predicted molar refractivity (Wildman–Crippen MR) is 77.9 cm³/mol. The third-order valence-corrected chi connectivity index (χ3v) is 4.39. The van der Waals surface area contributed by atoms with E-state index < -0.39 is 0 Å². The Morgan fingerprint density at radius 2 is 1.95 bits per heavy atom. The minimum atomic E-state index is 1.12. The summed E-state index contributed by atoms with van der Waals surface area (Å²) in [6.07, 6.45) is 9.70. The minimum Gasteiger partial charge on any atom is -0.277 e. The summed E-state index contributed by atoms with van der Waals surface area (Å²) in [5.41, 5.74) is 8.18. The molecule has 2 aliphatic carbocycles. The van der Waals surface area contributed by atoms with Gasteiger partial charge in [0, 0.05) is 11.1 Å². The van der Waals surface area contributed by atoms with Crippen molar-refractivity contribution >= 4 is 5.57 Å². The number of nitrogens with one attached hydrogen (secondary N) is 1. The van der Waals surface area contributed by atoms with E-state index in [1.165, 1.54) is 59.3 Å². The number of hydrogen-bond donors (Lipinski definition) is 1. The van der Waals surface area contributed by atoms with Gasteiger partial charge in [0.05, 0.1) is 11.4 Å². The molecule has 19 heavy (non-hydrogen) atoms. The highest BCUT2D eigenvalue weighted by Gasteiger charge is 2.23. The molecule has 1 aromatic heterocycles. The minimum absolute atomic E-state index is 1.12. The molecule has 0 bridgehead atoms. The van der Waals surface area contributed by atoms with E-state index in [1.54, 1.807) is 0 Å². The van der Waals surface area contributed by atoms with E-state index in [0.717, 1.165) is 12.8 Å². The average molecular weight is 250 g/mol. The standard InChI is InChI=1S/C17H18N2/c1-2-7-13(8-3-1)16-15-11-10-12-6-4-5-9-14(12)17(15)19-18-16/h4-7,9H,1-3,8,10-11H2,(H,18,19). The molecular formula is C17H18N2. The molecule has 2 heteroatoms. The Morgan fingerprint density at radius 3 is 2.84 bits per heavy atom. The second-order valence-corrected chi connectivity index (χ2v) is 5.56. The summed E-state index contributed by atoms with van der Waals surface area (Å²) >= 11 is 0. The van der Waals surface area contributed by atoms with Crippen molar-refractivity contribution in [2.24, 2.45) is 0 Å². The third-order valence-electron chi connectivity index (χ3n) is 4.39. The molecule has 0 unspecified atom stereocenters. The molecule has 0 spiro atoms. The SMILES string of the molecule is C1=C(c2n[nH]c3c2CCc2ccccc2-3)CCCC1. The quantitative estimate of drug-likeness (QED) is 0.810. The Hall–Kier alpha value is -1.83. The second-order valence-electron chi connectivity index (χ2n) is 5.56. The van der Waals surface area contributed by atoms with Gasteiger partial charge in [0.2, 0.25) is 0 Å². The predicted octanol–water partition coefficient (Wildman–Crippen LogP) is 4.13. The van der Waals surface area contributed by atoms with Crippen LogP contribution in [0.25, 0.3) is 16.8 Å². The fourth-order valence-corrected chi connectivity index (χ4v) is 3.39. The van der Waals surface area contributed by atoms with Crippen molar-refractivity contribution in [2.75, 3.05) is 0 Å². The van der Waals surface area contributed by atoms with Crippen LogP contribution in [0.5, 0.6) is 0 Å². The van der Waals surface area contributed by atoms with Crippen LogP contribution in [0.15, 0.2) is 30.3 Å². The van der Waals surface area contributed by atoms with E-state index in [-0.39, 0.29) is 0 Å². The van der Waals surface area contributed by atoms with Crippen LogP contribution in [0.2, 0.25) is 0 Å². The highest BCUT2D eigenvalue weighted by molar-refractivity contribution is 5.77. The summed E-state index contributed by atoms with van der Waals surface area (Å²) in [6, 6.07) is 8.70. The Labute approximate surface area is 113 Å². The summed E-state index contributed by atoms with van der Waals surface area (Å²) < 4.78 is 0. The van der Waals surface area contributed by atoms with E-state index >= 15 is 0 Å². The van der Waals surface area contributed by atoms with E-state index in [0.29, 0.717) is 0 Å². The summed E-state index contributed by atoms with van der Waals surface area (Å²) in [6.45, 7) is 0. The molecule has 0 atom stereocenters. The fraction of sp³-hybridized carbons (Fsp3) is 0.353. The Bertz CT molecular complexity index is 649. The number of benzene rings is 1. The molecule has 96 valence electrons. The highest BCUT2D eigenvalue weighted by Crippen LogP contribution is 2.37. The van der Waals surface area contributed by atoms with Gasteiger partial charge in [-0.05, 0) is 49.7 Å². The lowest BCUT2D eigenvalue weighted by atomic mass is 9.86. The van der Waals surface area contributed by atoms with Gasteiger partial charge in [-0.3, -0.25) is 5.10 Å². The van der Waals surface area contributed by atoms with Gasteiger partial charge < -0.3 is 0 Å². The molecule has 0 amide bonds. The first-order valence-electron chi connectivity index (χ1n) is 7.28. The van der Waals surface area contributed by atoms with Crippen molar-refractivity contribution in [1.29, 1.82) is 0 Å². The smallest absolute Gasteiger partial charge is 0.0915 e. The number of aromatic nitrogens is 2. The number of nitrogens with zero attached hydrogens (tertiary/aromatic N) is 1. The first-order chi connectivity index (χ1) is 9.43. The van der Waals surface area contributed by atoms with Crippen LogP contribution in [0.1, 0.15) is 42.5 Å². The van der Waals surface area contributed by atoms with Crippen LogP contribution >= 0.6 is 0 Å².